The van der Waals surface area contributed by atoms with E-state index in [9.17, 15) is 9.90 Å². The van der Waals surface area contributed by atoms with Gasteiger partial charge in [0.15, 0.2) is 5.60 Å². The van der Waals surface area contributed by atoms with Crippen LogP contribution in [0, 0.1) is 0 Å². The molecule has 1 saturated carbocycles. The van der Waals surface area contributed by atoms with Gasteiger partial charge in [0.2, 0.25) is 0 Å². The van der Waals surface area contributed by atoms with E-state index in [0.717, 1.165) is 25.8 Å². The summed E-state index contributed by atoms with van der Waals surface area (Å²) >= 11 is 0. The van der Waals surface area contributed by atoms with Crippen molar-refractivity contribution in [3.05, 3.63) is 35.9 Å². The van der Waals surface area contributed by atoms with Crippen LogP contribution >= 0.6 is 0 Å². The summed E-state index contributed by atoms with van der Waals surface area (Å²) in [7, 11) is 1.76. The molecule has 3 rings (SSSR count). The maximum Gasteiger partial charge on any atom is 0.255 e. The lowest BCUT2D eigenvalue weighted by molar-refractivity contribution is -0.155. The molecule has 1 unspecified atom stereocenters. The van der Waals surface area contributed by atoms with Crippen molar-refractivity contribution in [3.8, 4) is 0 Å². The third kappa shape index (κ3) is 2.34. The van der Waals surface area contributed by atoms with Crippen LogP contribution in [0.1, 0.15) is 31.2 Å². The highest BCUT2D eigenvalue weighted by molar-refractivity contribution is 5.85. The van der Waals surface area contributed by atoms with Gasteiger partial charge < -0.3 is 15.3 Å². The Hall–Kier alpha value is -1.39. The van der Waals surface area contributed by atoms with E-state index in [1.54, 1.807) is 11.9 Å². The summed E-state index contributed by atoms with van der Waals surface area (Å²) in [6.07, 6.45) is 3.54. The van der Waals surface area contributed by atoms with E-state index in [-0.39, 0.29) is 11.4 Å². The average Bonchev–Trinajstić information content (AvgIpc) is 3.25. The van der Waals surface area contributed by atoms with Crippen molar-refractivity contribution >= 4 is 5.91 Å². The van der Waals surface area contributed by atoms with Gasteiger partial charge in [-0.05, 0) is 31.2 Å². The van der Waals surface area contributed by atoms with Gasteiger partial charge >= 0.3 is 0 Å². The van der Waals surface area contributed by atoms with Gasteiger partial charge in [0.05, 0.1) is 0 Å². The number of likely N-dealkylation sites (N-methyl/N-ethyl adjacent to an activating group) is 1. The van der Waals surface area contributed by atoms with Crippen LogP contribution in [0.5, 0.6) is 0 Å². The van der Waals surface area contributed by atoms with Crippen molar-refractivity contribution in [1.82, 2.24) is 10.2 Å². The summed E-state index contributed by atoms with van der Waals surface area (Å²) in [5.41, 5.74) is -0.0230. The Balaban J connectivity index is 1.69. The van der Waals surface area contributed by atoms with E-state index >= 15 is 0 Å². The number of hydrogen-bond acceptors (Lipinski definition) is 3. The van der Waals surface area contributed by atoms with Crippen LogP contribution in [-0.4, -0.2) is 41.7 Å². The summed E-state index contributed by atoms with van der Waals surface area (Å²) in [5.74, 6) is -0.153. The number of benzene rings is 1. The third-order valence-corrected chi connectivity index (χ3v) is 4.62. The van der Waals surface area contributed by atoms with Crippen molar-refractivity contribution in [1.29, 1.82) is 0 Å². The zero-order valence-electron chi connectivity index (χ0n) is 11.9. The predicted octanol–water partition coefficient (Wildman–Crippen LogP) is 1.25. The van der Waals surface area contributed by atoms with Crippen molar-refractivity contribution in [2.45, 2.75) is 36.8 Å². The van der Waals surface area contributed by atoms with Gasteiger partial charge in [0.1, 0.15) is 0 Å². The molecule has 1 saturated heterocycles. The molecule has 0 aromatic heterocycles. The topological polar surface area (TPSA) is 52.6 Å². The molecular weight excluding hydrogens is 252 g/mol. The number of aliphatic hydroxyl groups is 1. The van der Waals surface area contributed by atoms with E-state index in [1.807, 2.05) is 18.2 Å². The number of likely N-dealkylation sites (tertiary alicyclic amines) is 1. The minimum atomic E-state index is -1.24. The molecule has 1 aromatic carbocycles. The lowest BCUT2D eigenvalue weighted by Gasteiger charge is -2.37. The quantitative estimate of drug-likeness (QED) is 0.869. The molecule has 4 nitrogen and oxygen atoms in total. The second-order valence-electron chi connectivity index (χ2n) is 6.16. The van der Waals surface area contributed by atoms with Crippen LogP contribution in [-0.2, 0) is 10.3 Å². The van der Waals surface area contributed by atoms with E-state index < -0.39 is 5.60 Å². The Kier molecular flexibility index (Phi) is 3.30. The molecule has 20 heavy (non-hydrogen) atoms. The standard InChI is InChI=1S/C16H22N2O2/c1-18-11-5-8-16(20,14(18)19)12-17-15(9-10-15)13-6-3-2-4-7-13/h2-4,6-7,17,20H,5,8-12H2,1H3. The van der Waals surface area contributed by atoms with Gasteiger partial charge in [-0.3, -0.25) is 4.79 Å². The number of carbonyl (C=O) groups is 1. The zero-order chi connectivity index (χ0) is 14.2. The molecule has 1 aromatic rings. The lowest BCUT2D eigenvalue weighted by atomic mass is 9.91. The van der Waals surface area contributed by atoms with E-state index in [2.05, 4.69) is 17.4 Å². The second kappa shape index (κ2) is 4.86. The molecule has 1 aliphatic carbocycles. The van der Waals surface area contributed by atoms with Crippen molar-refractivity contribution in [3.63, 3.8) is 0 Å². The number of hydrogen-bond donors (Lipinski definition) is 2. The van der Waals surface area contributed by atoms with Crippen LogP contribution in [0.2, 0.25) is 0 Å². The molecule has 2 fully saturated rings. The second-order valence-corrected chi connectivity index (χ2v) is 6.16. The normalized spacial score (nSPS) is 28.5. The van der Waals surface area contributed by atoms with Gasteiger partial charge in [-0.2, -0.15) is 0 Å². The largest absolute Gasteiger partial charge is 0.379 e. The fourth-order valence-corrected chi connectivity index (χ4v) is 3.10. The average molecular weight is 274 g/mol. The molecule has 1 heterocycles. The number of piperidine rings is 1. The van der Waals surface area contributed by atoms with Crippen LogP contribution in [0.4, 0.5) is 0 Å². The molecular formula is C16H22N2O2. The first-order valence-electron chi connectivity index (χ1n) is 7.34. The van der Waals surface area contributed by atoms with E-state index in [4.69, 9.17) is 0 Å². The van der Waals surface area contributed by atoms with Gasteiger partial charge in [-0.15, -0.1) is 0 Å². The summed E-state index contributed by atoms with van der Waals surface area (Å²) in [6.45, 7) is 1.08. The highest BCUT2D eigenvalue weighted by Crippen LogP contribution is 2.45. The summed E-state index contributed by atoms with van der Waals surface area (Å²) < 4.78 is 0. The summed E-state index contributed by atoms with van der Waals surface area (Å²) in [5, 5.41) is 14.0. The Labute approximate surface area is 119 Å². The van der Waals surface area contributed by atoms with Crippen molar-refractivity contribution in [2.24, 2.45) is 0 Å². The van der Waals surface area contributed by atoms with Crippen LogP contribution in [0.25, 0.3) is 0 Å². The van der Waals surface area contributed by atoms with Crippen LogP contribution < -0.4 is 5.32 Å². The Morgan fingerprint density at radius 3 is 2.60 bits per heavy atom. The van der Waals surface area contributed by atoms with Crippen LogP contribution in [0.3, 0.4) is 0 Å². The van der Waals surface area contributed by atoms with Crippen LogP contribution in [0.15, 0.2) is 30.3 Å². The number of nitrogens with zero attached hydrogens (tertiary/aromatic N) is 1. The van der Waals surface area contributed by atoms with E-state index in [1.165, 1.54) is 5.56 Å². The van der Waals surface area contributed by atoms with Gasteiger partial charge in [0.25, 0.3) is 5.91 Å². The molecule has 108 valence electrons. The Bertz CT molecular complexity index is 498. The number of carbonyl (C=O) groups excluding carboxylic acids is 1. The monoisotopic (exact) mass is 274 g/mol. The maximum atomic E-state index is 12.2. The maximum absolute atomic E-state index is 12.2. The number of nitrogens with one attached hydrogen (secondary N) is 1. The highest BCUT2D eigenvalue weighted by atomic mass is 16.3. The predicted molar refractivity (Wildman–Crippen MR) is 77.2 cm³/mol. The molecule has 0 radical (unpaired) electrons. The fraction of sp³-hybridized carbons (Fsp3) is 0.562. The number of rotatable bonds is 4. The molecule has 4 heteroatoms. The van der Waals surface area contributed by atoms with Gasteiger partial charge in [-0.1, -0.05) is 30.3 Å². The minimum absolute atomic E-state index is 0.0344. The Morgan fingerprint density at radius 2 is 1.95 bits per heavy atom. The fourth-order valence-electron chi connectivity index (χ4n) is 3.10. The molecule has 0 bridgehead atoms. The van der Waals surface area contributed by atoms with Crippen molar-refractivity contribution in [2.75, 3.05) is 20.1 Å². The smallest absolute Gasteiger partial charge is 0.255 e. The number of amides is 1. The minimum Gasteiger partial charge on any atom is -0.379 e. The molecule has 2 N–H and O–H groups in total. The lowest BCUT2D eigenvalue weighted by Crippen LogP contribution is -2.58. The summed E-state index contributed by atoms with van der Waals surface area (Å²) in [6, 6.07) is 10.3. The SMILES string of the molecule is CN1CCCC(O)(CNC2(c3ccccc3)CC2)C1=O. The molecule has 1 amide bonds. The Morgan fingerprint density at radius 1 is 1.25 bits per heavy atom. The summed E-state index contributed by atoms with van der Waals surface area (Å²) in [4.78, 5) is 13.8. The first kappa shape index (κ1) is 13.6. The highest BCUT2D eigenvalue weighted by Gasteiger charge is 2.48. The van der Waals surface area contributed by atoms with Gasteiger partial charge in [-0.25, -0.2) is 0 Å². The zero-order valence-corrected chi connectivity index (χ0v) is 11.9. The first-order chi connectivity index (χ1) is 9.56. The molecule has 2 aliphatic rings. The van der Waals surface area contributed by atoms with E-state index in [0.29, 0.717) is 13.0 Å². The van der Waals surface area contributed by atoms with Gasteiger partial charge in [0, 0.05) is 25.7 Å². The molecule has 0 spiro atoms. The van der Waals surface area contributed by atoms with Crippen molar-refractivity contribution < 1.29 is 9.90 Å². The molecule has 1 atom stereocenters. The molecule has 1 aliphatic heterocycles. The third-order valence-electron chi connectivity index (χ3n) is 4.62. The first-order valence-corrected chi connectivity index (χ1v) is 7.34.